The molecule has 45 heavy (non-hydrogen) atoms. The zero-order chi connectivity index (χ0) is 31.2. The lowest BCUT2D eigenvalue weighted by molar-refractivity contribution is -0.129. The fourth-order valence-corrected chi connectivity index (χ4v) is 6.88. The minimum atomic E-state index is -0.783. The Morgan fingerprint density at radius 1 is 1.13 bits per heavy atom. The second kappa shape index (κ2) is 11.8. The van der Waals surface area contributed by atoms with Crippen LogP contribution >= 0.6 is 11.3 Å². The molecule has 9 nitrogen and oxygen atoms in total. The summed E-state index contributed by atoms with van der Waals surface area (Å²) in [5.41, 5.74) is 4.61. The normalized spacial score (nSPS) is 16.2. The molecule has 1 unspecified atom stereocenters. The maximum atomic E-state index is 16.0. The number of halogens is 2. The molecule has 1 amide bonds. The van der Waals surface area contributed by atoms with Crippen LogP contribution in [-0.4, -0.2) is 62.6 Å². The molecule has 1 aliphatic carbocycles. The number of nitrogens with zero attached hydrogens (tertiary/aromatic N) is 6. The lowest BCUT2D eigenvalue weighted by Gasteiger charge is -2.33. The van der Waals surface area contributed by atoms with Crippen LogP contribution < -0.4 is 4.74 Å². The van der Waals surface area contributed by atoms with Crippen LogP contribution in [0.1, 0.15) is 43.1 Å². The largest absolute Gasteiger partial charge is 0.490 e. The van der Waals surface area contributed by atoms with Crippen LogP contribution in [0.15, 0.2) is 54.6 Å². The quantitative estimate of drug-likeness (QED) is 0.135. The molecule has 0 spiro atoms. The molecule has 1 atom stereocenters. The van der Waals surface area contributed by atoms with E-state index in [0.717, 1.165) is 45.9 Å². The predicted molar refractivity (Wildman–Crippen MR) is 167 cm³/mol. The Balaban J connectivity index is 1.48. The van der Waals surface area contributed by atoms with Gasteiger partial charge in [-0.2, -0.15) is 15.3 Å². The number of methoxy groups -OCH3 is 1. The number of hydrogen-bond acceptors (Lipinski definition) is 8. The first-order chi connectivity index (χ1) is 21.9. The summed E-state index contributed by atoms with van der Waals surface area (Å²) in [5.74, 6) is -1.28. The lowest BCUT2D eigenvalue weighted by atomic mass is 9.96. The third-order valence-electron chi connectivity index (χ3n) is 8.32. The van der Waals surface area contributed by atoms with Gasteiger partial charge < -0.3 is 14.4 Å². The van der Waals surface area contributed by atoms with Crippen LogP contribution in [0.4, 0.5) is 8.78 Å². The maximum absolute atomic E-state index is 16.0. The molecule has 1 aliphatic heterocycles. The number of rotatable bonds is 9. The van der Waals surface area contributed by atoms with Crippen molar-refractivity contribution in [3.8, 4) is 39.5 Å². The minimum Gasteiger partial charge on any atom is -0.490 e. The maximum Gasteiger partial charge on any atom is 0.246 e. The molecule has 0 N–H and O–H groups in total. The molecule has 5 heterocycles. The summed E-state index contributed by atoms with van der Waals surface area (Å²) < 4.78 is 44.2. The number of aromatic nitrogens is 5. The van der Waals surface area contributed by atoms with Crippen LogP contribution in [0, 0.1) is 11.6 Å². The number of thiophene rings is 1. The number of carbonyl (C=O) groups excluding carboxylic acids is 1. The van der Waals surface area contributed by atoms with Gasteiger partial charge >= 0.3 is 0 Å². The van der Waals surface area contributed by atoms with Crippen LogP contribution in [-0.2, 0) is 16.1 Å². The highest BCUT2D eigenvalue weighted by atomic mass is 32.1. The van der Waals surface area contributed by atoms with Crippen molar-refractivity contribution in [3.05, 3.63) is 77.6 Å². The Kier molecular flexibility index (Phi) is 7.62. The van der Waals surface area contributed by atoms with Gasteiger partial charge in [0.25, 0.3) is 0 Å². The molecule has 4 aromatic heterocycles. The first kappa shape index (κ1) is 29.2. The SMILES string of the molecule is C=CC(=O)N1CCn2nc(-c3nc(-c4cnnc(C5CC5)c4)c4ccsc4c3-c3c(F)cc(F)cc3OCCOC)cc2C1C. The van der Waals surface area contributed by atoms with Gasteiger partial charge in [-0.3, -0.25) is 9.48 Å². The molecule has 230 valence electrons. The Hall–Kier alpha value is -4.55. The van der Waals surface area contributed by atoms with Gasteiger partial charge in [-0.1, -0.05) is 6.58 Å². The molecule has 1 fully saturated rings. The number of carbonyl (C=O) groups is 1. The molecule has 0 radical (unpaired) electrons. The Morgan fingerprint density at radius 3 is 2.76 bits per heavy atom. The van der Waals surface area contributed by atoms with Crippen LogP contribution in [0.5, 0.6) is 5.75 Å². The minimum absolute atomic E-state index is 0.0387. The van der Waals surface area contributed by atoms with Crippen LogP contribution in [0.2, 0.25) is 0 Å². The third kappa shape index (κ3) is 5.27. The third-order valence-corrected chi connectivity index (χ3v) is 9.26. The average molecular weight is 629 g/mol. The molecule has 5 aromatic rings. The smallest absolute Gasteiger partial charge is 0.246 e. The van der Waals surface area contributed by atoms with Gasteiger partial charge in [0.2, 0.25) is 5.91 Å². The molecular weight excluding hydrogens is 598 g/mol. The highest BCUT2D eigenvalue weighted by molar-refractivity contribution is 7.18. The van der Waals surface area contributed by atoms with E-state index in [2.05, 4.69) is 16.8 Å². The Bertz CT molecular complexity index is 1950. The number of amides is 1. The van der Waals surface area contributed by atoms with E-state index < -0.39 is 11.6 Å². The summed E-state index contributed by atoms with van der Waals surface area (Å²) in [4.78, 5) is 19.5. The highest BCUT2D eigenvalue weighted by Crippen LogP contribution is 2.48. The van der Waals surface area contributed by atoms with Crippen LogP contribution in [0.25, 0.3) is 43.9 Å². The first-order valence-corrected chi connectivity index (χ1v) is 15.6. The molecule has 1 aromatic carbocycles. The summed E-state index contributed by atoms with van der Waals surface area (Å²) in [6, 6.07) is 7.60. The van der Waals surface area contributed by atoms with Crippen molar-refractivity contribution in [2.45, 2.75) is 38.3 Å². The molecule has 7 rings (SSSR count). The van der Waals surface area contributed by atoms with Gasteiger partial charge in [-0.15, -0.1) is 11.3 Å². The van der Waals surface area contributed by atoms with Crippen molar-refractivity contribution in [2.24, 2.45) is 0 Å². The van der Waals surface area contributed by atoms with Crippen molar-refractivity contribution in [2.75, 3.05) is 26.9 Å². The van der Waals surface area contributed by atoms with Gasteiger partial charge in [-0.25, -0.2) is 13.8 Å². The zero-order valence-electron chi connectivity index (χ0n) is 24.8. The topological polar surface area (TPSA) is 95.3 Å². The van der Waals surface area contributed by atoms with E-state index in [0.29, 0.717) is 41.7 Å². The monoisotopic (exact) mass is 628 g/mol. The molecule has 1 saturated carbocycles. The van der Waals surface area contributed by atoms with E-state index in [1.807, 2.05) is 35.2 Å². The second-order valence-electron chi connectivity index (χ2n) is 11.2. The zero-order valence-corrected chi connectivity index (χ0v) is 25.6. The standard InChI is InChI=1S/C33H30F2N6O3S/c1-4-28(42)40-8-9-41-26(18(40)2)16-25(39-41)32-30(29-23(35)14-21(34)15-27(29)44-11-10-43-3)33-22(7-12-45-33)31(37-32)20-13-24(19-5-6-19)38-36-17-20/h4,7,12-19H,1,5-6,8-11H2,2-3H3. The molecular formula is C33H30F2N6O3S. The predicted octanol–water partition coefficient (Wildman–Crippen LogP) is 6.55. The van der Waals surface area contributed by atoms with E-state index >= 15 is 4.39 Å². The fourth-order valence-electron chi connectivity index (χ4n) is 5.93. The average Bonchev–Trinajstić information content (AvgIpc) is 3.61. The van der Waals surface area contributed by atoms with Gasteiger partial charge in [0, 0.05) is 52.9 Å². The van der Waals surface area contributed by atoms with Crippen molar-refractivity contribution in [1.29, 1.82) is 0 Å². The molecule has 0 saturated heterocycles. The Morgan fingerprint density at radius 2 is 1.98 bits per heavy atom. The van der Waals surface area contributed by atoms with Crippen molar-refractivity contribution in [1.82, 2.24) is 29.9 Å². The Labute approximate surface area is 262 Å². The van der Waals surface area contributed by atoms with Crippen molar-refractivity contribution in [3.63, 3.8) is 0 Å². The summed E-state index contributed by atoms with van der Waals surface area (Å²) in [6.45, 7) is 6.84. The number of benzene rings is 1. The second-order valence-corrected chi connectivity index (χ2v) is 12.1. The highest BCUT2D eigenvalue weighted by Gasteiger charge is 2.32. The van der Waals surface area contributed by atoms with E-state index in [9.17, 15) is 9.18 Å². The summed E-state index contributed by atoms with van der Waals surface area (Å²) in [7, 11) is 1.53. The first-order valence-electron chi connectivity index (χ1n) is 14.7. The van der Waals surface area contributed by atoms with Crippen LogP contribution in [0.3, 0.4) is 0 Å². The molecule has 2 aliphatic rings. The van der Waals surface area contributed by atoms with E-state index in [-0.39, 0.29) is 36.5 Å². The van der Waals surface area contributed by atoms with Crippen molar-refractivity contribution >= 4 is 27.3 Å². The van der Waals surface area contributed by atoms with E-state index in [1.54, 1.807) is 11.1 Å². The number of fused-ring (bicyclic) bond motifs is 2. The lowest BCUT2D eigenvalue weighted by Crippen LogP contribution is -2.40. The molecule has 12 heteroatoms. The summed E-state index contributed by atoms with van der Waals surface area (Å²) in [5, 5.41) is 16.3. The fraction of sp³-hybridized carbons (Fsp3) is 0.303. The van der Waals surface area contributed by atoms with Crippen molar-refractivity contribution < 1.29 is 23.0 Å². The summed E-state index contributed by atoms with van der Waals surface area (Å²) in [6.07, 6.45) is 5.14. The number of ether oxygens (including phenoxy) is 2. The number of hydrogen-bond donors (Lipinski definition) is 0. The van der Waals surface area contributed by atoms with Gasteiger partial charge in [0.1, 0.15) is 35.4 Å². The van der Waals surface area contributed by atoms with E-state index in [1.165, 1.54) is 30.6 Å². The van der Waals surface area contributed by atoms with Gasteiger partial charge in [0.15, 0.2) is 0 Å². The molecule has 0 bridgehead atoms. The summed E-state index contributed by atoms with van der Waals surface area (Å²) >= 11 is 1.43. The van der Waals surface area contributed by atoms with E-state index in [4.69, 9.17) is 19.6 Å². The number of pyridine rings is 1. The van der Waals surface area contributed by atoms with Gasteiger partial charge in [-0.05, 0) is 49.4 Å². The van der Waals surface area contributed by atoms with Gasteiger partial charge in [0.05, 0.1) is 48.0 Å².